The van der Waals surface area contributed by atoms with E-state index in [1.54, 1.807) is 0 Å². The summed E-state index contributed by atoms with van der Waals surface area (Å²) in [6.45, 7) is 2.58. The van der Waals surface area contributed by atoms with Gasteiger partial charge in [0.05, 0.1) is 5.69 Å². The summed E-state index contributed by atoms with van der Waals surface area (Å²) in [6, 6.07) is 1.49. The van der Waals surface area contributed by atoms with E-state index in [9.17, 15) is 8.42 Å². The number of nitrogens with one attached hydrogen (secondary N) is 1. The van der Waals surface area contributed by atoms with E-state index in [2.05, 4.69) is 16.6 Å². The van der Waals surface area contributed by atoms with E-state index in [0.29, 0.717) is 6.54 Å². The zero-order valence-corrected chi connectivity index (χ0v) is 11.3. The summed E-state index contributed by atoms with van der Waals surface area (Å²) in [5, 5.41) is 0. The standard InChI is InChI=1S/C12H19N3O2S/c1-12(5-2-3-6-12)9-15-18(16,17)11-8-14-7-4-10(11)13/h4,7-8,15H,2-3,5-6,9H2,1H3,(H2,13,14). The van der Waals surface area contributed by atoms with Crippen LogP contribution in [-0.4, -0.2) is 19.9 Å². The minimum atomic E-state index is -3.55. The molecule has 1 fully saturated rings. The lowest BCUT2D eigenvalue weighted by atomic mass is 9.89. The molecule has 18 heavy (non-hydrogen) atoms. The number of nitrogens with zero attached hydrogens (tertiary/aromatic N) is 1. The Kier molecular flexibility index (Phi) is 3.59. The first kappa shape index (κ1) is 13.3. The van der Waals surface area contributed by atoms with Crippen LogP contribution >= 0.6 is 0 Å². The van der Waals surface area contributed by atoms with E-state index in [4.69, 9.17) is 5.73 Å². The van der Waals surface area contributed by atoms with Gasteiger partial charge >= 0.3 is 0 Å². The van der Waals surface area contributed by atoms with Crippen LogP contribution in [0.3, 0.4) is 0 Å². The van der Waals surface area contributed by atoms with Gasteiger partial charge in [-0.2, -0.15) is 0 Å². The first-order valence-corrected chi connectivity index (χ1v) is 7.60. The van der Waals surface area contributed by atoms with Crippen molar-refractivity contribution in [2.45, 2.75) is 37.5 Å². The molecule has 0 bridgehead atoms. The third-order valence-electron chi connectivity index (χ3n) is 3.61. The van der Waals surface area contributed by atoms with Crippen LogP contribution < -0.4 is 10.5 Å². The van der Waals surface area contributed by atoms with Gasteiger partial charge in [0.1, 0.15) is 4.90 Å². The van der Waals surface area contributed by atoms with Crippen LogP contribution in [0.25, 0.3) is 0 Å². The Morgan fingerprint density at radius 1 is 1.44 bits per heavy atom. The highest BCUT2D eigenvalue weighted by atomic mass is 32.2. The molecule has 2 rings (SSSR count). The van der Waals surface area contributed by atoms with Crippen molar-refractivity contribution in [3.8, 4) is 0 Å². The van der Waals surface area contributed by atoms with Gasteiger partial charge in [-0.1, -0.05) is 19.8 Å². The van der Waals surface area contributed by atoms with Gasteiger partial charge in [-0.05, 0) is 24.3 Å². The van der Waals surface area contributed by atoms with E-state index in [1.807, 2.05) is 0 Å². The SMILES string of the molecule is CC1(CNS(=O)(=O)c2cnccc2N)CCCC1. The van der Waals surface area contributed by atoms with E-state index in [0.717, 1.165) is 12.8 Å². The summed E-state index contributed by atoms with van der Waals surface area (Å²) in [7, 11) is -3.55. The molecule has 0 unspecified atom stereocenters. The number of hydrogen-bond donors (Lipinski definition) is 2. The predicted molar refractivity (Wildman–Crippen MR) is 70.4 cm³/mol. The normalized spacial score (nSPS) is 18.9. The van der Waals surface area contributed by atoms with Crippen molar-refractivity contribution in [2.75, 3.05) is 12.3 Å². The fourth-order valence-electron chi connectivity index (χ4n) is 2.37. The minimum absolute atomic E-state index is 0.0617. The van der Waals surface area contributed by atoms with E-state index in [-0.39, 0.29) is 16.0 Å². The Labute approximate surface area is 108 Å². The second-order valence-corrected chi connectivity index (χ2v) is 6.99. The maximum absolute atomic E-state index is 12.1. The average molecular weight is 269 g/mol. The van der Waals surface area contributed by atoms with Gasteiger partial charge in [0.15, 0.2) is 0 Å². The third-order valence-corrected chi connectivity index (χ3v) is 5.05. The van der Waals surface area contributed by atoms with Crippen molar-refractivity contribution < 1.29 is 8.42 Å². The first-order chi connectivity index (χ1) is 8.43. The van der Waals surface area contributed by atoms with Crippen molar-refractivity contribution >= 4 is 15.7 Å². The molecule has 0 atom stereocenters. The van der Waals surface area contributed by atoms with Gasteiger partial charge in [-0.25, -0.2) is 13.1 Å². The summed E-state index contributed by atoms with van der Waals surface area (Å²) in [6.07, 6.45) is 7.25. The highest BCUT2D eigenvalue weighted by Gasteiger charge is 2.30. The van der Waals surface area contributed by atoms with Crippen molar-refractivity contribution in [1.82, 2.24) is 9.71 Å². The smallest absolute Gasteiger partial charge is 0.244 e. The number of rotatable bonds is 4. The Hall–Kier alpha value is -1.14. The summed E-state index contributed by atoms with van der Waals surface area (Å²) >= 11 is 0. The lowest BCUT2D eigenvalue weighted by molar-refractivity contribution is 0.336. The van der Waals surface area contributed by atoms with Gasteiger partial charge < -0.3 is 5.73 Å². The molecular weight excluding hydrogens is 250 g/mol. The molecule has 1 aromatic heterocycles. The number of nitrogens with two attached hydrogens (primary N) is 1. The number of sulfonamides is 1. The zero-order valence-electron chi connectivity index (χ0n) is 10.5. The number of pyridine rings is 1. The predicted octanol–water partition coefficient (Wildman–Crippen LogP) is 1.52. The lowest BCUT2D eigenvalue weighted by Crippen LogP contribution is -2.34. The largest absolute Gasteiger partial charge is 0.398 e. The van der Waals surface area contributed by atoms with Gasteiger partial charge in [0, 0.05) is 18.9 Å². The first-order valence-electron chi connectivity index (χ1n) is 6.12. The summed E-state index contributed by atoms with van der Waals surface area (Å²) in [5.74, 6) is 0. The number of anilines is 1. The Morgan fingerprint density at radius 3 is 2.72 bits per heavy atom. The highest BCUT2D eigenvalue weighted by Crippen LogP contribution is 2.37. The van der Waals surface area contributed by atoms with Crippen LogP contribution in [0, 0.1) is 5.41 Å². The molecule has 1 aliphatic carbocycles. The molecule has 3 N–H and O–H groups in total. The number of nitrogen functional groups attached to an aromatic ring is 1. The lowest BCUT2D eigenvalue weighted by Gasteiger charge is -2.23. The molecule has 0 spiro atoms. The van der Waals surface area contributed by atoms with Crippen LogP contribution in [0.15, 0.2) is 23.4 Å². The summed E-state index contributed by atoms with van der Waals surface area (Å²) < 4.78 is 26.9. The van der Waals surface area contributed by atoms with Gasteiger partial charge in [-0.3, -0.25) is 4.98 Å². The maximum atomic E-state index is 12.1. The van der Waals surface area contributed by atoms with Crippen LogP contribution in [-0.2, 0) is 10.0 Å². The third kappa shape index (κ3) is 2.81. The molecule has 0 aromatic carbocycles. The van der Waals surface area contributed by atoms with Crippen molar-refractivity contribution in [3.05, 3.63) is 18.5 Å². The van der Waals surface area contributed by atoms with Crippen LogP contribution in [0.4, 0.5) is 5.69 Å². The monoisotopic (exact) mass is 269 g/mol. The Morgan fingerprint density at radius 2 is 2.11 bits per heavy atom. The van der Waals surface area contributed by atoms with E-state index in [1.165, 1.54) is 31.3 Å². The topological polar surface area (TPSA) is 85.1 Å². The van der Waals surface area contributed by atoms with E-state index < -0.39 is 10.0 Å². The highest BCUT2D eigenvalue weighted by molar-refractivity contribution is 7.89. The second kappa shape index (κ2) is 4.85. The van der Waals surface area contributed by atoms with Crippen LogP contribution in [0.5, 0.6) is 0 Å². The molecule has 1 aromatic rings. The molecule has 1 saturated carbocycles. The Balaban J connectivity index is 2.11. The van der Waals surface area contributed by atoms with Crippen LogP contribution in [0.1, 0.15) is 32.6 Å². The summed E-state index contributed by atoms with van der Waals surface area (Å²) in [4.78, 5) is 3.87. The average Bonchev–Trinajstić information content (AvgIpc) is 2.75. The zero-order chi connectivity index (χ0) is 13.2. The molecule has 0 saturated heterocycles. The summed E-state index contributed by atoms with van der Waals surface area (Å²) in [5.41, 5.74) is 5.97. The second-order valence-electron chi connectivity index (χ2n) is 5.26. The molecule has 1 heterocycles. The van der Waals surface area contributed by atoms with Crippen LogP contribution in [0.2, 0.25) is 0 Å². The molecule has 100 valence electrons. The van der Waals surface area contributed by atoms with Gasteiger partial charge in [0.25, 0.3) is 0 Å². The fourth-order valence-corrected chi connectivity index (χ4v) is 3.64. The number of hydrogen-bond acceptors (Lipinski definition) is 4. The molecule has 0 aliphatic heterocycles. The van der Waals surface area contributed by atoms with Crippen molar-refractivity contribution in [3.63, 3.8) is 0 Å². The minimum Gasteiger partial charge on any atom is -0.398 e. The molecule has 1 aliphatic rings. The van der Waals surface area contributed by atoms with Gasteiger partial charge in [0.2, 0.25) is 10.0 Å². The van der Waals surface area contributed by atoms with Crippen molar-refractivity contribution in [1.29, 1.82) is 0 Å². The van der Waals surface area contributed by atoms with E-state index >= 15 is 0 Å². The Bertz CT molecular complexity index is 522. The fraction of sp³-hybridized carbons (Fsp3) is 0.583. The molecule has 5 nitrogen and oxygen atoms in total. The maximum Gasteiger partial charge on any atom is 0.244 e. The molecule has 0 radical (unpaired) electrons. The molecule has 0 amide bonds. The molecular formula is C12H19N3O2S. The quantitative estimate of drug-likeness (QED) is 0.868. The van der Waals surface area contributed by atoms with Crippen molar-refractivity contribution in [2.24, 2.45) is 5.41 Å². The molecule has 6 heteroatoms. The number of aromatic nitrogens is 1. The van der Waals surface area contributed by atoms with Gasteiger partial charge in [-0.15, -0.1) is 0 Å².